The molecule has 0 aliphatic carbocycles. The third kappa shape index (κ3) is 4.24. The van der Waals surface area contributed by atoms with E-state index in [9.17, 15) is 0 Å². The highest BCUT2D eigenvalue weighted by Gasteiger charge is 2.12. The molecule has 1 aromatic rings. The van der Waals surface area contributed by atoms with Gasteiger partial charge in [-0.3, -0.25) is 0 Å². The van der Waals surface area contributed by atoms with E-state index in [1.807, 2.05) is 0 Å². The number of nitrogens with one attached hydrogen (secondary N) is 1. The molecule has 1 heterocycles. The fourth-order valence-corrected chi connectivity index (χ4v) is 2.90. The lowest BCUT2D eigenvalue weighted by molar-refractivity contribution is 0.254. The van der Waals surface area contributed by atoms with Crippen molar-refractivity contribution >= 4 is 0 Å². The lowest BCUT2D eigenvalue weighted by Gasteiger charge is -2.22. The lowest BCUT2D eigenvalue weighted by atomic mass is 9.96. The predicted molar refractivity (Wildman–Crippen MR) is 81.0 cm³/mol. The standard InChI is InChI=1S/C17H27NO/c1-13(2)17-7-6-16(11-14(17)3)19-10-8-15-5-4-9-18-12-15/h6-7,11,13,15,18H,4-5,8-10,12H2,1-3H3. The molecule has 0 aromatic heterocycles. The van der Waals surface area contributed by atoms with Gasteiger partial charge >= 0.3 is 0 Å². The molecule has 1 saturated heterocycles. The number of hydrogen-bond donors (Lipinski definition) is 1. The normalized spacial score (nSPS) is 19.7. The van der Waals surface area contributed by atoms with E-state index in [2.05, 4.69) is 44.3 Å². The van der Waals surface area contributed by atoms with E-state index in [0.717, 1.165) is 31.2 Å². The molecule has 0 bridgehead atoms. The predicted octanol–water partition coefficient (Wildman–Crippen LogP) is 3.89. The number of piperidine rings is 1. The molecule has 2 nitrogen and oxygen atoms in total. The van der Waals surface area contributed by atoms with Crippen molar-refractivity contribution in [2.24, 2.45) is 5.92 Å². The molecule has 0 saturated carbocycles. The molecule has 106 valence electrons. The van der Waals surface area contributed by atoms with Crippen molar-refractivity contribution in [2.75, 3.05) is 19.7 Å². The third-order valence-corrected chi connectivity index (χ3v) is 4.06. The van der Waals surface area contributed by atoms with Crippen LogP contribution < -0.4 is 10.1 Å². The van der Waals surface area contributed by atoms with Gasteiger partial charge in [0.25, 0.3) is 0 Å². The second-order valence-electron chi connectivity index (χ2n) is 6.02. The maximum absolute atomic E-state index is 5.90. The number of hydrogen-bond acceptors (Lipinski definition) is 2. The minimum Gasteiger partial charge on any atom is -0.494 e. The zero-order chi connectivity index (χ0) is 13.7. The highest BCUT2D eigenvalue weighted by molar-refractivity contribution is 5.36. The Hall–Kier alpha value is -1.02. The molecule has 2 rings (SSSR count). The van der Waals surface area contributed by atoms with Crippen LogP contribution in [0.15, 0.2) is 18.2 Å². The van der Waals surface area contributed by atoms with Crippen LogP contribution in [0.2, 0.25) is 0 Å². The van der Waals surface area contributed by atoms with E-state index in [-0.39, 0.29) is 0 Å². The van der Waals surface area contributed by atoms with Gasteiger partial charge in [0.15, 0.2) is 0 Å². The monoisotopic (exact) mass is 261 g/mol. The molecule has 2 heteroatoms. The molecule has 1 aliphatic rings. The number of benzene rings is 1. The minimum atomic E-state index is 0.586. The first kappa shape index (κ1) is 14.4. The highest BCUT2D eigenvalue weighted by Crippen LogP contribution is 2.24. The summed E-state index contributed by atoms with van der Waals surface area (Å²) in [7, 11) is 0. The van der Waals surface area contributed by atoms with Crippen LogP contribution in [-0.4, -0.2) is 19.7 Å². The fraction of sp³-hybridized carbons (Fsp3) is 0.647. The Kier molecular flexibility index (Phi) is 5.26. The summed E-state index contributed by atoms with van der Waals surface area (Å²) in [5.41, 5.74) is 2.76. The van der Waals surface area contributed by atoms with Crippen LogP contribution in [0.4, 0.5) is 0 Å². The van der Waals surface area contributed by atoms with Crippen molar-refractivity contribution in [2.45, 2.75) is 46.0 Å². The van der Waals surface area contributed by atoms with Crippen LogP contribution in [0.1, 0.15) is 50.2 Å². The summed E-state index contributed by atoms with van der Waals surface area (Å²) in [6, 6.07) is 6.49. The van der Waals surface area contributed by atoms with Gasteiger partial charge in [-0.1, -0.05) is 19.9 Å². The molecule has 0 radical (unpaired) electrons. The van der Waals surface area contributed by atoms with Gasteiger partial charge in [-0.25, -0.2) is 0 Å². The van der Waals surface area contributed by atoms with E-state index in [0.29, 0.717) is 5.92 Å². The average molecular weight is 261 g/mol. The van der Waals surface area contributed by atoms with Gasteiger partial charge in [0.1, 0.15) is 5.75 Å². The van der Waals surface area contributed by atoms with Gasteiger partial charge in [-0.2, -0.15) is 0 Å². The summed E-state index contributed by atoms with van der Waals surface area (Å²) < 4.78 is 5.90. The van der Waals surface area contributed by atoms with Gasteiger partial charge in [0.05, 0.1) is 6.61 Å². The first-order valence-electron chi connectivity index (χ1n) is 7.61. The van der Waals surface area contributed by atoms with Crippen molar-refractivity contribution in [3.05, 3.63) is 29.3 Å². The third-order valence-electron chi connectivity index (χ3n) is 4.06. The Morgan fingerprint density at radius 2 is 2.21 bits per heavy atom. The zero-order valence-electron chi connectivity index (χ0n) is 12.5. The van der Waals surface area contributed by atoms with E-state index >= 15 is 0 Å². The molecular formula is C17H27NO. The summed E-state index contributed by atoms with van der Waals surface area (Å²) in [6.07, 6.45) is 3.83. The Morgan fingerprint density at radius 3 is 2.84 bits per heavy atom. The van der Waals surface area contributed by atoms with E-state index in [1.165, 1.54) is 30.5 Å². The van der Waals surface area contributed by atoms with E-state index < -0.39 is 0 Å². The molecule has 1 unspecified atom stereocenters. The first-order chi connectivity index (χ1) is 9.16. The van der Waals surface area contributed by atoms with Crippen molar-refractivity contribution in [1.82, 2.24) is 5.32 Å². The van der Waals surface area contributed by atoms with Crippen LogP contribution in [0.25, 0.3) is 0 Å². The van der Waals surface area contributed by atoms with Gasteiger partial charge in [0.2, 0.25) is 0 Å². The van der Waals surface area contributed by atoms with Crippen molar-refractivity contribution in [3.8, 4) is 5.75 Å². The topological polar surface area (TPSA) is 21.3 Å². The van der Waals surface area contributed by atoms with Crippen molar-refractivity contribution < 1.29 is 4.74 Å². The van der Waals surface area contributed by atoms with Crippen molar-refractivity contribution in [1.29, 1.82) is 0 Å². The second kappa shape index (κ2) is 6.95. The molecular weight excluding hydrogens is 234 g/mol. The van der Waals surface area contributed by atoms with Gasteiger partial charge < -0.3 is 10.1 Å². The lowest BCUT2D eigenvalue weighted by Crippen LogP contribution is -2.30. The maximum Gasteiger partial charge on any atom is 0.119 e. The number of ether oxygens (including phenoxy) is 1. The van der Waals surface area contributed by atoms with Gasteiger partial charge in [-0.05, 0) is 74.4 Å². The molecule has 0 spiro atoms. The van der Waals surface area contributed by atoms with E-state index in [1.54, 1.807) is 0 Å². The molecule has 1 fully saturated rings. The van der Waals surface area contributed by atoms with Crippen LogP contribution >= 0.6 is 0 Å². The molecule has 0 amide bonds. The summed E-state index contributed by atoms with van der Waals surface area (Å²) in [5, 5.41) is 3.46. The Balaban J connectivity index is 1.81. The van der Waals surface area contributed by atoms with Gasteiger partial charge in [0, 0.05) is 0 Å². The molecule has 19 heavy (non-hydrogen) atoms. The maximum atomic E-state index is 5.90. The molecule has 1 atom stereocenters. The van der Waals surface area contributed by atoms with Crippen LogP contribution in [0.5, 0.6) is 5.75 Å². The summed E-state index contributed by atoms with van der Waals surface area (Å²) >= 11 is 0. The number of rotatable bonds is 5. The SMILES string of the molecule is Cc1cc(OCCC2CCCNC2)ccc1C(C)C. The number of aryl methyl sites for hydroxylation is 1. The average Bonchev–Trinajstić information content (AvgIpc) is 2.39. The minimum absolute atomic E-state index is 0.586. The summed E-state index contributed by atoms with van der Waals surface area (Å²) in [5.74, 6) is 2.40. The van der Waals surface area contributed by atoms with Crippen LogP contribution in [0, 0.1) is 12.8 Å². The summed E-state index contributed by atoms with van der Waals surface area (Å²) in [4.78, 5) is 0. The quantitative estimate of drug-likeness (QED) is 0.868. The van der Waals surface area contributed by atoms with Crippen LogP contribution in [0.3, 0.4) is 0 Å². The van der Waals surface area contributed by atoms with Crippen molar-refractivity contribution in [3.63, 3.8) is 0 Å². The van der Waals surface area contributed by atoms with Gasteiger partial charge in [-0.15, -0.1) is 0 Å². The smallest absolute Gasteiger partial charge is 0.119 e. The molecule has 1 aliphatic heterocycles. The Morgan fingerprint density at radius 1 is 1.37 bits per heavy atom. The van der Waals surface area contributed by atoms with E-state index in [4.69, 9.17) is 4.74 Å². The molecule has 1 aromatic carbocycles. The Labute approximate surface area is 117 Å². The fourth-order valence-electron chi connectivity index (χ4n) is 2.90. The highest BCUT2D eigenvalue weighted by atomic mass is 16.5. The first-order valence-corrected chi connectivity index (χ1v) is 7.61. The Bertz CT molecular complexity index is 394. The summed E-state index contributed by atoms with van der Waals surface area (Å²) in [6.45, 7) is 9.83. The molecule has 1 N–H and O–H groups in total. The zero-order valence-corrected chi connectivity index (χ0v) is 12.5. The largest absolute Gasteiger partial charge is 0.494 e. The second-order valence-corrected chi connectivity index (χ2v) is 6.02. The van der Waals surface area contributed by atoms with Crippen LogP contribution in [-0.2, 0) is 0 Å².